The van der Waals surface area contributed by atoms with Crippen LogP contribution in [0.15, 0.2) is 0 Å². The third-order valence-corrected chi connectivity index (χ3v) is 3.26. The molecule has 2 unspecified atom stereocenters. The fourth-order valence-corrected chi connectivity index (χ4v) is 2.15. The lowest BCUT2D eigenvalue weighted by atomic mass is 9.90. The number of carbonyl (C=O) groups excluding carboxylic acids is 2. The third-order valence-electron chi connectivity index (χ3n) is 3.26. The van der Waals surface area contributed by atoms with E-state index < -0.39 is 0 Å². The van der Waals surface area contributed by atoms with Crippen molar-refractivity contribution in [3.05, 3.63) is 0 Å². The molecule has 0 aliphatic carbocycles. The van der Waals surface area contributed by atoms with Gasteiger partial charge in [0, 0.05) is 25.4 Å². The number of amides is 2. The Morgan fingerprint density at radius 1 is 1.47 bits per heavy atom. The molecule has 1 rings (SSSR count). The van der Waals surface area contributed by atoms with Crippen LogP contribution in [0.3, 0.4) is 0 Å². The summed E-state index contributed by atoms with van der Waals surface area (Å²) in [6, 6.07) is 0.292. The van der Waals surface area contributed by atoms with E-state index in [0.29, 0.717) is 37.8 Å². The van der Waals surface area contributed by atoms with Gasteiger partial charge in [-0.05, 0) is 31.7 Å². The highest BCUT2D eigenvalue weighted by molar-refractivity contribution is 5.77. The first-order valence-electron chi connectivity index (χ1n) is 6.38. The quantitative estimate of drug-likeness (QED) is 0.579. The van der Waals surface area contributed by atoms with E-state index in [-0.39, 0.29) is 11.8 Å². The van der Waals surface area contributed by atoms with Crippen LogP contribution in [0.5, 0.6) is 0 Å². The van der Waals surface area contributed by atoms with Crippen molar-refractivity contribution >= 4 is 11.8 Å². The van der Waals surface area contributed by atoms with Crippen LogP contribution in [0.1, 0.15) is 39.0 Å². The minimum absolute atomic E-state index is 0.0562. The summed E-state index contributed by atoms with van der Waals surface area (Å²) in [4.78, 5) is 22.1. The van der Waals surface area contributed by atoms with Gasteiger partial charge in [-0.3, -0.25) is 9.59 Å². The van der Waals surface area contributed by atoms with Crippen molar-refractivity contribution in [2.75, 3.05) is 13.1 Å². The summed E-state index contributed by atoms with van der Waals surface area (Å²) in [6.45, 7) is 3.71. The number of rotatable bonds is 6. The lowest BCUT2D eigenvalue weighted by Gasteiger charge is -2.29. The maximum atomic E-state index is 11.6. The molecule has 0 bridgehead atoms. The van der Waals surface area contributed by atoms with E-state index in [0.717, 1.165) is 6.54 Å². The first kappa shape index (κ1) is 14.0. The summed E-state index contributed by atoms with van der Waals surface area (Å²) < 4.78 is 0. The largest absolute Gasteiger partial charge is 0.370 e. The van der Waals surface area contributed by atoms with Crippen molar-refractivity contribution in [1.82, 2.24) is 10.6 Å². The Balaban J connectivity index is 2.13. The van der Waals surface area contributed by atoms with E-state index in [1.165, 1.54) is 12.8 Å². The Morgan fingerprint density at radius 2 is 2.24 bits per heavy atom. The first-order valence-corrected chi connectivity index (χ1v) is 6.38. The smallest absolute Gasteiger partial charge is 0.221 e. The molecule has 1 aliphatic heterocycles. The van der Waals surface area contributed by atoms with E-state index in [1.807, 2.05) is 0 Å². The zero-order valence-electron chi connectivity index (χ0n) is 10.5. The van der Waals surface area contributed by atoms with Gasteiger partial charge in [0.2, 0.25) is 11.8 Å². The molecule has 0 aromatic carbocycles. The van der Waals surface area contributed by atoms with Gasteiger partial charge in [-0.15, -0.1) is 0 Å². The van der Waals surface area contributed by atoms with Crippen LogP contribution >= 0.6 is 0 Å². The van der Waals surface area contributed by atoms with Crippen LogP contribution in [0, 0.1) is 5.92 Å². The maximum absolute atomic E-state index is 11.6. The lowest BCUT2D eigenvalue weighted by molar-refractivity contribution is -0.122. The van der Waals surface area contributed by atoms with Crippen molar-refractivity contribution in [3.8, 4) is 0 Å². The van der Waals surface area contributed by atoms with Crippen LogP contribution in [0.25, 0.3) is 0 Å². The summed E-state index contributed by atoms with van der Waals surface area (Å²) in [5.41, 5.74) is 5.02. The van der Waals surface area contributed by atoms with Crippen LogP contribution in [-0.2, 0) is 9.59 Å². The molecule has 0 aromatic heterocycles. The van der Waals surface area contributed by atoms with Gasteiger partial charge in [0.05, 0.1) is 0 Å². The van der Waals surface area contributed by atoms with Gasteiger partial charge < -0.3 is 16.4 Å². The molecule has 4 N–H and O–H groups in total. The van der Waals surface area contributed by atoms with Gasteiger partial charge in [0.25, 0.3) is 0 Å². The van der Waals surface area contributed by atoms with E-state index in [2.05, 4.69) is 17.6 Å². The predicted molar refractivity (Wildman–Crippen MR) is 66.2 cm³/mol. The van der Waals surface area contributed by atoms with Crippen LogP contribution in [0.4, 0.5) is 0 Å². The van der Waals surface area contributed by atoms with Crippen molar-refractivity contribution in [3.63, 3.8) is 0 Å². The fraction of sp³-hybridized carbons (Fsp3) is 0.833. The van der Waals surface area contributed by atoms with Crippen LogP contribution in [-0.4, -0.2) is 30.9 Å². The summed E-state index contributed by atoms with van der Waals surface area (Å²) >= 11 is 0. The Bertz CT molecular complexity index is 268. The highest BCUT2D eigenvalue weighted by Crippen LogP contribution is 2.17. The predicted octanol–water partition coefficient (Wildman–Crippen LogP) is 0.146. The van der Waals surface area contributed by atoms with Gasteiger partial charge in [0.15, 0.2) is 0 Å². The third kappa shape index (κ3) is 5.68. The summed E-state index contributed by atoms with van der Waals surface area (Å²) in [6.07, 6.45) is 3.86. The topological polar surface area (TPSA) is 84.2 Å². The van der Waals surface area contributed by atoms with E-state index in [1.54, 1.807) is 0 Å². The van der Waals surface area contributed by atoms with Gasteiger partial charge in [0.1, 0.15) is 0 Å². The molecule has 2 atom stereocenters. The number of carbonyl (C=O) groups is 2. The Labute approximate surface area is 103 Å². The zero-order valence-corrected chi connectivity index (χ0v) is 10.5. The molecule has 5 nitrogen and oxygen atoms in total. The molecular weight excluding hydrogens is 218 g/mol. The molecule has 0 spiro atoms. The first-order chi connectivity index (χ1) is 8.09. The minimum Gasteiger partial charge on any atom is -0.370 e. The second kappa shape index (κ2) is 7.27. The summed E-state index contributed by atoms with van der Waals surface area (Å²) in [7, 11) is 0. The van der Waals surface area contributed by atoms with E-state index >= 15 is 0 Å². The normalized spacial score (nSPS) is 24.3. The molecule has 1 saturated heterocycles. The second-order valence-electron chi connectivity index (χ2n) is 4.80. The fourth-order valence-electron chi connectivity index (χ4n) is 2.15. The van der Waals surface area contributed by atoms with Crippen molar-refractivity contribution in [2.24, 2.45) is 11.7 Å². The van der Waals surface area contributed by atoms with Crippen LogP contribution in [0.2, 0.25) is 0 Å². The van der Waals surface area contributed by atoms with E-state index in [9.17, 15) is 9.59 Å². The average Bonchev–Trinajstić information content (AvgIpc) is 2.27. The van der Waals surface area contributed by atoms with Gasteiger partial charge in [-0.25, -0.2) is 0 Å². The van der Waals surface area contributed by atoms with Gasteiger partial charge >= 0.3 is 0 Å². The molecule has 0 aromatic rings. The molecule has 1 heterocycles. The number of hydrogen-bond donors (Lipinski definition) is 3. The minimum atomic E-state index is -0.318. The van der Waals surface area contributed by atoms with Gasteiger partial charge in [-0.1, -0.05) is 6.92 Å². The number of hydrogen-bond acceptors (Lipinski definition) is 3. The molecule has 1 aliphatic rings. The van der Waals surface area contributed by atoms with Crippen molar-refractivity contribution in [2.45, 2.75) is 45.1 Å². The Kier molecular flexibility index (Phi) is 5.97. The number of piperidine rings is 1. The maximum Gasteiger partial charge on any atom is 0.221 e. The average molecular weight is 241 g/mol. The lowest BCUT2D eigenvalue weighted by Crippen LogP contribution is -2.43. The monoisotopic (exact) mass is 241 g/mol. The molecule has 0 radical (unpaired) electrons. The molecule has 0 saturated carbocycles. The summed E-state index contributed by atoms with van der Waals surface area (Å²) in [5.74, 6) is 0.294. The highest BCUT2D eigenvalue weighted by Gasteiger charge is 2.22. The highest BCUT2D eigenvalue weighted by atomic mass is 16.2. The molecule has 1 fully saturated rings. The zero-order chi connectivity index (χ0) is 12.7. The second-order valence-corrected chi connectivity index (χ2v) is 4.80. The molecular formula is C12H23N3O2. The standard InChI is InChI=1S/C12H23N3O2/c1-9-4-2-6-14-10(9)8-12(17)15-7-3-5-11(13)16/h9-10,14H,2-8H2,1H3,(H2,13,16)(H,15,17). The molecule has 98 valence electrons. The van der Waals surface area contributed by atoms with E-state index in [4.69, 9.17) is 5.73 Å². The van der Waals surface area contributed by atoms with Crippen LogP contribution < -0.4 is 16.4 Å². The van der Waals surface area contributed by atoms with Gasteiger partial charge in [-0.2, -0.15) is 0 Å². The molecule has 5 heteroatoms. The number of nitrogens with one attached hydrogen (secondary N) is 2. The van der Waals surface area contributed by atoms with Crippen molar-refractivity contribution < 1.29 is 9.59 Å². The molecule has 17 heavy (non-hydrogen) atoms. The number of nitrogens with two attached hydrogens (primary N) is 1. The van der Waals surface area contributed by atoms with Crippen molar-refractivity contribution in [1.29, 1.82) is 0 Å². The number of primary amides is 1. The SMILES string of the molecule is CC1CCCNC1CC(=O)NCCCC(N)=O. The molecule has 2 amide bonds. The summed E-state index contributed by atoms with van der Waals surface area (Å²) in [5, 5.41) is 6.19. The Hall–Kier alpha value is -1.10. The Morgan fingerprint density at radius 3 is 2.88 bits per heavy atom.